The van der Waals surface area contributed by atoms with Crippen molar-refractivity contribution in [1.29, 1.82) is 0 Å². The van der Waals surface area contributed by atoms with E-state index in [0.29, 0.717) is 5.56 Å². The minimum Gasteiger partial charge on any atom is -0.480 e. The Bertz CT molecular complexity index is 586. The highest BCUT2D eigenvalue weighted by atomic mass is 32.2. The molecule has 21 heavy (non-hydrogen) atoms. The fourth-order valence-corrected chi connectivity index (χ4v) is 2.86. The third-order valence-electron chi connectivity index (χ3n) is 2.80. The Morgan fingerprint density at radius 1 is 1.19 bits per heavy atom. The van der Waals surface area contributed by atoms with Gasteiger partial charge in [0.2, 0.25) is 5.91 Å². The molecule has 0 bridgehead atoms. The fourth-order valence-electron chi connectivity index (χ4n) is 1.71. The summed E-state index contributed by atoms with van der Waals surface area (Å²) in [5.74, 6) is -2.35. The van der Waals surface area contributed by atoms with Gasteiger partial charge in [-0.05, 0) is 5.56 Å². The summed E-state index contributed by atoms with van der Waals surface area (Å²) < 4.78 is 23.3. The molecule has 0 aromatic heterocycles. The highest BCUT2D eigenvalue weighted by molar-refractivity contribution is 7.91. The fraction of sp³-hybridized carbons (Fsp3) is 0.385. The van der Waals surface area contributed by atoms with E-state index in [9.17, 15) is 18.0 Å². The number of hydrogen-bond donors (Lipinski definition) is 3. The van der Waals surface area contributed by atoms with Crippen LogP contribution in [-0.2, 0) is 19.4 Å². The number of hydrogen-bond acceptors (Lipinski definition) is 5. The number of nitrogens with one attached hydrogen (secondary N) is 1. The Labute approximate surface area is 123 Å². The van der Waals surface area contributed by atoms with Crippen LogP contribution in [0.25, 0.3) is 0 Å². The average Bonchev–Trinajstić information content (AvgIpc) is 2.42. The second-order valence-corrected chi connectivity index (χ2v) is 6.81. The molecule has 4 N–H and O–H groups in total. The van der Waals surface area contributed by atoms with Crippen LogP contribution < -0.4 is 11.1 Å². The largest absolute Gasteiger partial charge is 0.480 e. The van der Waals surface area contributed by atoms with Gasteiger partial charge in [0.15, 0.2) is 9.84 Å². The summed E-state index contributed by atoms with van der Waals surface area (Å²) in [6.07, 6.45) is -0.233. The van der Waals surface area contributed by atoms with Crippen molar-refractivity contribution in [2.75, 3.05) is 18.1 Å². The first-order valence-electron chi connectivity index (χ1n) is 6.32. The maximum absolute atomic E-state index is 11.6. The van der Waals surface area contributed by atoms with E-state index < -0.39 is 27.8 Å². The zero-order valence-corrected chi connectivity index (χ0v) is 12.2. The van der Waals surface area contributed by atoms with Crippen LogP contribution in [-0.4, -0.2) is 43.5 Å². The topological polar surface area (TPSA) is 127 Å². The van der Waals surface area contributed by atoms with Gasteiger partial charge in [0, 0.05) is 13.0 Å². The molecule has 0 aliphatic heterocycles. The van der Waals surface area contributed by atoms with Crippen molar-refractivity contribution in [3.63, 3.8) is 0 Å². The van der Waals surface area contributed by atoms with E-state index in [0.717, 1.165) is 0 Å². The van der Waals surface area contributed by atoms with Crippen molar-refractivity contribution in [2.24, 2.45) is 5.73 Å². The second-order valence-electron chi connectivity index (χ2n) is 4.50. The van der Waals surface area contributed by atoms with E-state index in [1.807, 2.05) is 0 Å². The lowest BCUT2D eigenvalue weighted by atomic mass is 10.1. The Morgan fingerprint density at radius 2 is 1.81 bits per heavy atom. The van der Waals surface area contributed by atoms with Gasteiger partial charge in [0.1, 0.15) is 6.04 Å². The van der Waals surface area contributed by atoms with E-state index in [-0.39, 0.29) is 24.5 Å². The van der Waals surface area contributed by atoms with Crippen molar-refractivity contribution in [3.05, 3.63) is 35.9 Å². The van der Waals surface area contributed by atoms with Crippen molar-refractivity contribution in [2.45, 2.75) is 12.5 Å². The number of carboxylic acids is 1. The second kappa shape index (κ2) is 7.75. The predicted molar refractivity (Wildman–Crippen MR) is 77.3 cm³/mol. The van der Waals surface area contributed by atoms with Gasteiger partial charge >= 0.3 is 5.97 Å². The van der Waals surface area contributed by atoms with Crippen LogP contribution >= 0.6 is 0 Å². The van der Waals surface area contributed by atoms with Gasteiger partial charge in [-0.1, -0.05) is 30.3 Å². The summed E-state index contributed by atoms with van der Waals surface area (Å²) in [6.45, 7) is -0.0209. The van der Waals surface area contributed by atoms with E-state index in [1.54, 1.807) is 30.3 Å². The minimum absolute atomic E-state index is 0.0209. The number of sulfone groups is 1. The standard InChI is InChI=1S/C13H18N2O5S/c14-11(16)6-8-21(19,20)9-7-15-12(13(17)18)10-4-2-1-3-5-10/h1-5,12,15H,6-9H2,(H2,14,16)(H,17,18). The summed E-state index contributed by atoms with van der Waals surface area (Å²) in [5.41, 5.74) is 5.44. The molecule has 1 unspecified atom stereocenters. The lowest BCUT2D eigenvalue weighted by Gasteiger charge is -2.14. The Morgan fingerprint density at radius 3 is 2.33 bits per heavy atom. The summed E-state index contributed by atoms with van der Waals surface area (Å²) in [5, 5.41) is 11.8. The van der Waals surface area contributed by atoms with Crippen molar-refractivity contribution < 1.29 is 23.1 Å². The molecule has 0 fully saturated rings. The van der Waals surface area contributed by atoms with Gasteiger partial charge in [-0.15, -0.1) is 0 Å². The molecule has 0 saturated heterocycles. The Hall–Kier alpha value is -1.93. The minimum atomic E-state index is -3.44. The molecule has 0 saturated carbocycles. The molecular formula is C13H18N2O5S. The molecule has 7 nitrogen and oxygen atoms in total. The van der Waals surface area contributed by atoms with Gasteiger partial charge in [-0.2, -0.15) is 0 Å². The highest BCUT2D eigenvalue weighted by Crippen LogP contribution is 2.12. The number of amides is 1. The molecule has 1 rings (SSSR count). The molecular weight excluding hydrogens is 296 g/mol. The molecule has 0 radical (unpaired) electrons. The van der Waals surface area contributed by atoms with Gasteiger partial charge in [-0.25, -0.2) is 8.42 Å². The van der Waals surface area contributed by atoms with Crippen LogP contribution in [0, 0.1) is 0 Å². The molecule has 1 aromatic carbocycles. The predicted octanol–water partition coefficient (Wildman–Crippen LogP) is -0.308. The molecule has 1 aromatic rings. The van der Waals surface area contributed by atoms with E-state index >= 15 is 0 Å². The summed E-state index contributed by atoms with van der Waals surface area (Å²) in [6, 6.07) is 7.49. The third-order valence-corrected chi connectivity index (χ3v) is 4.45. The molecule has 0 aliphatic carbocycles. The number of carbonyl (C=O) groups is 2. The lowest BCUT2D eigenvalue weighted by Crippen LogP contribution is -2.33. The number of carboxylic acid groups (broad SMARTS) is 1. The van der Waals surface area contributed by atoms with Crippen molar-refractivity contribution >= 4 is 21.7 Å². The number of benzene rings is 1. The molecule has 116 valence electrons. The van der Waals surface area contributed by atoms with Crippen LogP contribution in [0.4, 0.5) is 0 Å². The van der Waals surface area contributed by atoms with Crippen molar-refractivity contribution in [3.8, 4) is 0 Å². The number of aliphatic carboxylic acids is 1. The van der Waals surface area contributed by atoms with E-state index in [2.05, 4.69) is 5.32 Å². The zero-order valence-electron chi connectivity index (χ0n) is 11.4. The molecule has 1 atom stereocenters. The molecule has 0 spiro atoms. The molecule has 1 amide bonds. The SMILES string of the molecule is NC(=O)CCS(=O)(=O)CCNC(C(=O)O)c1ccccc1. The number of carbonyl (C=O) groups excluding carboxylic acids is 1. The molecule has 8 heteroatoms. The van der Waals surface area contributed by atoms with Crippen molar-refractivity contribution in [1.82, 2.24) is 5.32 Å². The first-order valence-corrected chi connectivity index (χ1v) is 8.14. The molecule has 0 aliphatic rings. The number of primary amides is 1. The van der Waals surface area contributed by atoms with Gasteiger partial charge in [-0.3, -0.25) is 14.9 Å². The zero-order chi connectivity index (χ0) is 15.9. The highest BCUT2D eigenvalue weighted by Gasteiger charge is 2.20. The monoisotopic (exact) mass is 314 g/mol. The third kappa shape index (κ3) is 6.37. The summed E-state index contributed by atoms with van der Waals surface area (Å²) >= 11 is 0. The smallest absolute Gasteiger partial charge is 0.325 e. The van der Waals surface area contributed by atoms with E-state index in [1.165, 1.54) is 0 Å². The van der Waals surface area contributed by atoms with Crippen LogP contribution in [0.1, 0.15) is 18.0 Å². The normalized spacial score (nSPS) is 12.8. The van der Waals surface area contributed by atoms with E-state index in [4.69, 9.17) is 10.8 Å². The number of rotatable bonds is 9. The van der Waals surface area contributed by atoms with Crippen LogP contribution in [0.5, 0.6) is 0 Å². The quantitative estimate of drug-likeness (QED) is 0.574. The molecule has 0 heterocycles. The van der Waals surface area contributed by atoms with Gasteiger partial charge < -0.3 is 10.8 Å². The van der Waals surface area contributed by atoms with Crippen LogP contribution in [0.3, 0.4) is 0 Å². The maximum atomic E-state index is 11.6. The maximum Gasteiger partial charge on any atom is 0.325 e. The van der Waals surface area contributed by atoms with Gasteiger partial charge in [0.25, 0.3) is 0 Å². The van der Waals surface area contributed by atoms with Crippen LogP contribution in [0.2, 0.25) is 0 Å². The van der Waals surface area contributed by atoms with Gasteiger partial charge in [0.05, 0.1) is 11.5 Å². The first kappa shape index (κ1) is 17.1. The summed E-state index contributed by atoms with van der Waals surface area (Å²) in [4.78, 5) is 21.8. The summed E-state index contributed by atoms with van der Waals surface area (Å²) in [7, 11) is -3.44. The first-order chi connectivity index (χ1) is 9.82. The number of nitrogens with two attached hydrogens (primary N) is 1. The Kier molecular flexibility index (Phi) is 6.32. The lowest BCUT2D eigenvalue weighted by molar-refractivity contribution is -0.139. The Balaban J connectivity index is 2.56. The average molecular weight is 314 g/mol. The van der Waals surface area contributed by atoms with Crippen LogP contribution in [0.15, 0.2) is 30.3 Å².